The molecule has 0 unspecified atom stereocenters. The molecule has 0 bridgehead atoms. The number of ether oxygens (including phenoxy) is 1. The van der Waals surface area contributed by atoms with Crippen LogP contribution in [0, 0.1) is 0 Å². The molecule has 0 aliphatic carbocycles. The number of hydrogen-bond donors (Lipinski definition) is 0. The van der Waals surface area contributed by atoms with Crippen LogP contribution in [0.1, 0.15) is 16.1 Å². The van der Waals surface area contributed by atoms with E-state index in [9.17, 15) is 4.79 Å². The Bertz CT molecular complexity index is 617. The minimum Gasteiger partial charge on any atom is -0.481 e. The molecule has 0 amide bonds. The summed E-state index contributed by atoms with van der Waals surface area (Å²) < 4.78 is 4.95. The number of benzene rings is 1. The van der Waals surface area contributed by atoms with Gasteiger partial charge in [0.05, 0.1) is 7.11 Å². The first-order chi connectivity index (χ1) is 9.10. The van der Waals surface area contributed by atoms with Gasteiger partial charge >= 0.3 is 0 Å². The summed E-state index contributed by atoms with van der Waals surface area (Å²) in [5.41, 5.74) is 0.944. The third-order valence-electron chi connectivity index (χ3n) is 2.50. The SMILES string of the molecule is COc1cc(C(=O)Cc2cc(Cl)ccc2Cl)ncn1. The van der Waals surface area contributed by atoms with Gasteiger partial charge in [0.15, 0.2) is 5.78 Å². The van der Waals surface area contributed by atoms with Gasteiger partial charge in [0.25, 0.3) is 0 Å². The van der Waals surface area contributed by atoms with Crippen LogP contribution in [-0.4, -0.2) is 22.9 Å². The molecule has 1 aromatic heterocycles. The van der Waals surface area contributed by atoms with Crippen molar-refractivity contribution < 1.29 is 9.53 Å². The van der Waals surface area contributed by atoms with E-state index in [1.54, 1.807) is 18.2 Å². The summed E-state index contributed by atoms with van der Waals surface area (Å²) in [6.45, 7) is 0. The number of nitrogens with zero attached hydrogens (tertiary/aromatic N) is 2. The van der Waals surface area contributed by atoms with E-state index in [4.69, 9.17) is 27.9 Å². The predicted octanol–water partition coefficient (Wildman–Crippen LogP) is 3.22. The van der Waals surface area contributed by atoms with Crippen molar-refractivity contribution in [3.8, 4) is 5.88 Å². The highest BCUT2D eigenvalue weighted by atomic mass is 35.5. The third-order valence-corrected chi connectivity index (χ3v) is 3.10. The van der Waals surface area contributed by atoms with Crippen LogP contribution < -0.4 is 4.74 Å². The molecule has 0 aliphatic heterocycles. The Labute approximate surface area is 120 Å². The molecule has 1 heterocycles. The number of hydrogen-bond acceptors (Lipinski definition) is 4. The molecule has 6 heteroatoms. The first kappa shape index (κ1) is 13.8. The average Bonchev–Trinajstić information content (AvgIpc) is 2.43. The topological polar surface area (TPSA) is 52.1 Å². The van der Waals surface area contributed by atoms with Crippen molar-refractivity contribution in [1.29, 1.82) is 0 Å². The minimum atomic E-state index is -0.176. The number of halogens is 2. The number of methoxy groups -OCH3 is 1. The normalized spacial score (nSPS) is 10.3. The molecule has 0 aliphatic rings. The largest absolute Gasteiger partial charge is 0.481 e. The Morgan fingerprint density at radius 2 is 2.05 bits per heavy atom. The first-order valence-corrected chi connectivity index (χ1v) is 6.19. The fourth-order valence-corrected chi connectivity index (χ4v) is 1.92. The average molecular weight is 297 g/mol. The number of Topliss-reactive ketones (excluding diaryl/α,β-unsaturated/α-hetero) is 1. The van der Waals surface area contributed by atoms with E-state index < -0.39 is 0 Å². The number of ketones is 1. The van der Waals surface area contributed by atoms with Gasteiger partial charge in [-0.05, 0) is 23.8 Å². The number of aromatic nitrogens is 2. The smallest absolute Gasteiger partial charge is 0.216 e. The van der Waals surface area contributed by atoms with Gasteiger partial charge in [0.1, 0.15) is 12.0 Å². The van der Waals surface area contributed by atoms with E-state index in [1.807, 2.05) is 0 Å². The fraction of sp³-hybridized carbons (Fsp3) is 0.154. The van der Waals surface area contributed by atoms with E-state index in [1.165, 1.54) is 19.5 Å². The summed E-state index contributed by atoms with van der Waals surface area (Å²) in [6, 6.07) is 6.49. The Balaban J connectivity index is 2.22. The molecule has 98 valence electrons. The second kappa shape index (κ2) is 5.99. The number of rotatable bonds is 4. The molecule has 0 spiro atoms. The monoisotopic (exact) mass is 296 g/mol. The highest BCUT2D eigenvalue weighted by molar-refractivity contribution is 6.33. The lowest BCUT2D eigenvalue weighted by Crippen LogP contribution is -2.07. The summed E-state index contributed by atoms with van der Waals surface area (Å²) >= 11 is 11.9. The van der Waals surface area contributed by atoms with Gasteiger partial charge in [0.2, 0.25) is 5.88 Å². The van der Waals surface area contributed by atoms with Crippen LogP contribution in [0.2, 0.25) is 10.0 Å². The second-order valence-electron chi connectivity index (χ2n) is 3.78. The molecule has 0 saturated carbocycles. The molecule has 0 radical (unpaired) electrons. The summed E-state index contributed by atoms with van der Waals surface area (Å²) in [6.07, 6.45) is 1.41. The summed E-state index contributed by atoms with van der Waals surface area (Å²) in [5.74, 6) is 0.167. The molecule has 19 heavy (non-hydrogen) atoms. The van der Waals surface area contributed by atoms with Crippen LogP contribution >= 0.6 is 23.2 Å². The highest BCUT2D eigenvalue weighted by Gasteiger charge is 2.12. The molecule has 4 nitrogen and oxygen atoms in total. The van der Waals surface area contributed by atoms with Crippen molar-refractivity contribution in [2.45, 2.75) is 6.42 Å². The lowest BCUT2D eigenvalue weighted by molar-refractivity contribution is 0.0987. The van der Waals surface area contributed by atoms with E-state index in [0.29, 0.717) is 21.5 Å². The Morgan fingerprint density at radius 1 is 1.26 bits per heavy atom. The lowest BCUT2D eigenvalue weighted by Gasteiger charge is -2.05. The van der Waals surface area contributed by atoms with Crippen LogP contribution in [0.4, 0.5) is 0 Å². The first-order valence-electron chi connectivity index (χ1n) is 5.43. The predicted molar refractivity (Wildman–Crippen MR) is 73.1 cm³/mol. The van der Waals surface area contributed by atoms with Gasteiger partial charge < -0.3 is 4.74 Å². The van der Waals surface area contributed by atoms with E-state index in [0.717, 1.165) is 0 Å². The maximum Gasteiger partial charge on any atom is 0.216 e. The van der Waals surface area contributed by atoms with Crippen molar-refractivity contribution in [2.75, 3.05) is 7.11 Å². The van der Waals surface area contributed by atoms with Crippen molar-refractivity contribution in [2.24, 2.45) is 0 Å². The van der Waals surface area contributed by atoms with Gasteiger partial charge in [-0.2, -0.15) is 0 Å². The molecule has 2 aromatic rings. The van der Waals surface area contributed by atoms with E-state index >= 15 is 0 Å². The van der Waals surface area contributed by atoms with Crippen LogP contribution in [0.5, 0.6) is 5.88 Å². The standard InChI is InChI=1S/C13H10Cl2N2O2/c1-19-13-6-11(16-7-17-13)12(18)5-8-4-9(14)2-3-10(8)15/h2-4,6-7H,5H2,1H3. The molecule has 0 fully saturated rings. The van der Waals surface area contributed by atoms with Gasteiger partial charge in [-0.3, -0.25) is 4.79 Å². The molecule has 0 N–H and O–H groups in total. The van der Waals surface area contributed by atoms with E-state index in [-0.39, 0.29) is 17.9 Å². The third kappa shape index (κ3) is 3.43. The Hall–Kier alpha value is -1.65. The van der Waals surface area contributed by atoms with Crippen molar-refractivity contribution >= 4 is 29.0 Å². The maximum atomic E-state index is 12.1. The molecular weight excluding hydrogens is 287 g/mol. The minimum absolute atomic E-state index is 0.125. The zero-order chi connectivity index (χ0) is 13.8. The van der Waals surface area contributed by atoms with Crippen LogP contribution in [0.15, 0.2) is 30.6 Å². The molecule has 0 atom stereocenters. The van der Waals surface area contributed by atoms with Crippen LogP contribution in [0.3, 0.4) is 0 Å². The van der Waals surface area contributed by atoms with Gasteiger partial charge in [0, 0.05) is 22.5 Å². The molecular formula is C13H10Cl2N2O2. The van der Waals surface area contributed by atoms with Crippen molar-refractivity contribution in [1.82, 2.24) is 9.97 Å². The van der Waals surface area contributed by atoms with Gasteiger partial charge in [-0.15, -0.1) is 0 Å². The summed E-state index contributed by atoms with van der Waals surface area (Å²) in [4.78, 5) is 19.9. The van der Waals surface area contributed by atoms with Gasteiger partial charge in [-0.25, -0.2) is 9.97 Å². The fourth-order valence-electron chi connectivity index (χ4n) is 1.55. The zero-order valence-corrected chi connectivity index (χ0v) is 11.6. The summed E-state index contributed by atoms with van der Waals surface area (Å²) in [7, 11) is 1.48. The number of carbonyl (C=O) groups is 1. The van der Waals surface area contributed by atoms with Gasteiger partial charge in [-0.1, -0.05) is 23.2 Å². The highest BCUT2D eigenvalue weighted by Crippen LogP contribution is 2.22. The van der Waals surface area contributed by atoms with Crippen molar-refractivity contribution in [3.05, 3.63) is 51.9 Å². The zero-order valence-electron chi connectivity index (χ0n) is 10.1. The van der Waals surface area contributed by atoms with Crippen LogP contribution in [-0.2, 0) is 6.42 Å². The van der Waals surface area contributed by atoms with Crippen molar-refractivity contribution in [3.63, 3.8) is 0 Å². The summed E-state index contributed by atoms with van der Waals surface area (Å²) in [5, 5.41) is 1.03. The van der Waals surface area contributed by atoms with E-state index in [2.05, 4.69) is 9.97 Å². The quantitative estimate of drug-likeness (QED) is 0.813. The number of carbonyl (C=O) groups excluding carboxylic acids is 1. The molecule has 0 saturated heterocycles. The maximum absolute atomic E-state index is 12.1. The molecule has 2 rings (SSSR count). The molecule has 1 aromatic carbocycles. The van der Waals surface area contributed by atoms with Crippen LogP contribution in [0.25, 0.3) is 0 Å². The second-order valence-corrected chi connectivity index (χ2v) is 4.62. The Morgan fingerprint density at radius 3 is 2.79 bits per heavy atom. The lowest BCUT2D eigenvalue weighted by atomic mass is 10.1. The Kier molecular flexibility index (Phi) is 4.35.